The van der Waals surface area contributed by atoms with Crippen molar-refractivity contribution in [2.45, 2.75) is 45.8 Å². The van der Waals surface area contributed by atoms with Gasteiger partial charge in [0.15, 0.2) is 0 Å². The Morgan fingerprint density at radius 2 is 1.63 bits per heavy atom. The Balaban J connectivity index is 1.35. The first-order valence-electron chi connectivity index (χ1n) is 12.2. The van der Waals surface area contributed by atoms with Gasteiger partial charge in [-0.15, -0.1) is 0 Å². The Morgan fingerprint density at radius 1 is 0.943 bits per heavy atom. The van der Waals surface area contributed by atoms with Gasteiger partial charge in [0.05, 0.1) is 12.1 Å². The summed E-state index contributed by atoms with van der Waals surface area (Å²) < 4.78 is 0. The van der Waals surface area contributed by atoms with E-state index in [1.165, 1.54) is 10.6 Å². The van der Waals surface area contributed by atoms with Crippen LogP contribution in [0, 0.1) is 0 Å². The van der Waals surface area contributed by atoms with Gasteiger partial charge in [-0.3, -0.25) is 14.4 Å². The summed E-state index contributed by atoms with van der Waals surface area (Å²) in [7, 11) is 2.08. The standard InChI is InChI=1S/C29H37N3O3/c1-29(2,3)35-32(22-33)21-24-13-11-23(12-14-24)8-7-18-31(4)19-17-30-28(34)27-16-15-25-9-5-6-10-26(25)20-27/h5-6,9-16,20,22H,7-8,17-19,21H2,1-4H3,(H,30,34). The zero-order chi connectivity index (χ0) is 25.3. The molecular weight excluding hydrogens is 438 g/mol. The van der Waals surface area contributed by atoms with Gasteiger partial charge in [-0.25, -0.2) is 5.06 Å². The van der Waals surface area contributed by atoms with Crippen molar-refractivity contribution in [1.29, 1.82) is 0 Å². The van der Waals surface area contributed by atoms with E-state index in [2.05, 4.69) is 29.4 Å². The maximum atomic E-state index is 12.5. The van der Waals surface area contributed by atoms with Crippen LogP contribution in [0.3, 0.4) is 0 Å². The van der Waals surface area contributed by atoms with Crippen molar-refractivity contribution in [2.24, 2.45) is 0 Å². The number of benzene rings is 3. The average molecular weight is 476 g/mol. The Kier molecular flexibility index (Phi) is 9.40. The first-order valence-corrected chi connectivity index (χ1v) is 12.2. The highest BCUT2D eigenvalue weighted by molar-refractivity contribution is 5.98. The fourth-order valence-electron chi connectivity index (χ4n) is 3.89. The van der Waals surface area contributed by atoms with Crippen molar-refractivity contribution >= 4 is 23.1 Å². The molecule has 2 amide bonds. The van der Waals surface area contributed by atoms with Crippen molar-refractivity contribution in [3.63, 3.8) is 0 Å². The molecule has 6 nitrogen and oxygen atoms in total. The second-order valence-corrected chi connectivity index (χ2v) is 9.93. The third kappa shape index (κ3) is 8.81. The molecule has 1 N–H and O–H groups in total. The van der Waals surface area contributed by atoms with Gasteiger partial charge in [0.25, 0.3) is 5.91 Å². The van der Waals surface area contributed by atoms with E-state index in [9.17, 15) is 9.59 Å². The molecule has 0 spiro atoms. The van der Waals surface area contributed by atoms with Crippen LogP contribution in [0.2, 0.25) is 0 Å². The summed E-state index contributed by atoms with van der Waals surface area (Å²) in [6, 6.07) is 22.2. The molecule has 3 aromatic carbocycles. The van der Waals surface area contributed by atoms with E-state index >= 15 is 0 Å². The summed E-state index contributed by atoms with van der Waals surface area (Å²) in [5.41, 5.74) is 2.58. The molecular formula is C29H37N3O3. The lowest BCUT2D eigenvalue weighted by molar-refractivity contribution is -0.220. The number of rotatable bonds is 12. The SMILES string of the molecule is CN(CCCc1ccc(CN(C=O)OC(C)(C)C)cc1)CCNC(=O)c1ccc2ccccc2c1. The lowest BCUT2D eigenvalue weighted by atomic mass is 10.1. The molecule has 0 unspecified atom stereocenters. The summed E-state index contributed by atoms with van der Waals surface area (Å²) in [4.78, 5) is 31.6. The predicted molar refractivity (Wildman–Crippen MR) is 141 cm³/mol. The van der Waals surface area contributed by atoms with Crippen molar-refractivity contribution in [3.05, 3.63) is 83.4 Å². The third-order valence-electron chi connectivity index (χ3n) is 5.67. The monoisotopic (exact) mass is 475 g/mol. The summed E-state index contributed by atoms with van der Waals surface area (Å²) in [6.07, 6.45) is 2.73. The minimum absolute atomic E-state index is 0.0368. The van der Waals surface area contributed by atoms with Crippen LogP contribution in [-0.4, -0.2) is 54.6 Å². The smallest absolute Gasteiger partial charge is 0.251 e. The topological polar surface area (TPSA) is 61.9 Å². The Morgan fingerprint density at radius 3 is 2.31 bits per heavy atom. The molecule has 0 aliphatic heterocycles. The molecule has 0 heterocycles. The van der Waals surface area contributed by atoms with Crippen LogP contribution in [0.5, 0.6) is 0 Å². The van der Waals surface area contributed by atoms with E-state index in [4.69, 9.17) is 4.84 Å². The summed E-state index contributed by atoms with van der Waals surface area (Å²) in [6.45, 7) is 8.54. The highest BCUT2D eigenvalue weighted by atomic mass is 16.7. The summed E-state index contributed by atoms with van der Waals surface area (Å²) in [5, 5.41) is 6.57. The normalized spacial score (nSPS) is 11.6. The fourth-order valence-corrected chi connectivity index (χ4v) is 3.89. The van der Waals surface area contributed by atoms with Crippen LogP contribution in [-0.2, 0) is 22.6 Å². The molecule has 0 fully saturated rings. The predicted octanol–water partition coefficient (Wildman–Crippen LogP) is 4.82. The molecule has 0 atom stereocenters. The van der Waals surface area contributed by atoms with Gasteiger partial charge in [-0.2, -0.15) is 0 Å². The molecule has 0 saturated carbocycles. The maximum absolute atomic E-state index is 12.5. The fraction of sp³-hybridized carbons (Fsp3) is 0.379. The van der Waals surface area contributed by atoms with Crippen molar-refractivity contribution in [3.8, 4) is 0 Å². The number of hydroxylamine groups is 2. The van der Waals surface area contributed by atoms with E-state index in [0.717, 1.165) is 48.7 Å². The van der Waals surface area contributed by atoms with Crippen molar-refractivity contribution in [2.75, 3.05) is 26.7 Å². The minimum Gasteiger partial charge on any atom is -0.351 e. The summed E-state index contributed by atoms with van der Waals surface area (Å²) in [5.74, 6) is -0.0368. The van der Waals surface area contributed by atoms with E-state index in [1.807, 2.05) is 75.4 Å². The number of carbonyl (C=O) groups is 2. The Bertz CT molecular complexity index is 1110. The number of nitrogens with one attached hydrogen (secondary N) is 1. The molecule has 3 aromatic rings. The zero-order valence-corrected chi connectivity index (χ0v) is 21.3. The number of fused-ring (bicyclic) bond motifs is 1. The van der Waals surface area contributed by atoms with Gasteiger partial charge >= 0.3 is 0 Å². The van der Waals surface area contributed by atoms with Crippen molar-refractivity contribution < 1.29 is 14.4 Å². The molecule has 0 aliphatic rings. The second kappa shape index (κ2) is 12.5. The van der Waals surface area contributed by atoms with Gasteiger partial charge < -0.3 is 10.2 Å². The summed E-state index contributed by atoms with van der Waals surface area (Å²) >= 11 is 0. The molecule has 6 heteroatoms. The van der Waals surface area contributed by atoms with E-state index in [0.29, 0.717) is 18.7 Å². The van der Waals surface area contributed by atoms with Crippen LogP contribution < -0.4 is 5.32 Å². The lowest BCUT2D eigenvalue weighted by Gasteiger charge is -2.26. The van der Waals surface area contributed by atoms with Crippen LogP contribution in [0.25, 0.3) is 10.8 Å². The number of hydrogen-bond donors (Lipinski definition) is 1. The lowest BCUT2D eigenvalue weighted by Crippen LogP contribution is -2.33. The van der Waals surface area contributed by atoms with Crippen LogP contribution in [0.4, 0.5) is 0 Å². The minimum atomic E-state index is -0.411. The van der Waals surface area contributed by atoms with Crippen LogP contribution >= 0.6 is 0 Å². The van der Waals surface area contributed by atoms with Crippen molar-refractivity contribution in [1.82, 2.24) is 15.3 Å². The number of hydrogen-bond acceptors (Lipinski definition) is 4. The molecule has 0 saturated heterocycles. The van der Waals surface area contributed by atoms with E-state index in [1.54, 1.807) is 0 Å². The highest BCUT2D eigenvalue weighted by Gasteiger charge is 2.16. The average Bonchev–Trinajstić information content (AvgIpc) is 2.83. The quantitative estimate of drug-likeness (QED) is 0.301. The Hall–Kier alpha value is -3.22. The largest absolute Gasteiger partial charge is 0.351 e. The number of likely N-dealkylation sites (N-methyl/N-ethyl adjacent to an activating group) is 1. The van der Waals surface area contributed by atoms with Gasteiger partial charge in [-0.1, -0.05) is 54.6 Å². The molecule has 0 aromatic heterocycles. The highest BCUT2D eigenvalue weighted by Crippen LogP contribution is 2.16. The zero-order valence-electron chi connectivity index (χ0n) is 21.3. The number of nitrogens with zero attached hydrogens (tertiary/aromatic N) is 2. The Labute approximate surface area is 208 Å². The van der Waals surface area contributed by atoms with E-state index in [-0.39, 0.29) is 5.91 Å². The number of aryl methyl sites for hydroxylation is 1. The van der Waals surface area contributed by atoms with E-state index < -0.39 is 5.60 Å². The molecule has 3 rings (SSSR count). The number of amides is 2. The maximum Gasteiger partial charge on any atom is 0.251 e. The van der Waals surface area contributed by atoms with Crippen LogP contribution in [0.1, 0.15) is 48.7 Å². The molecule has 35 heavy (non-hydrogen) atoms. The molecule has 186 valence electrons. The van der Waals surface area contributed by atoms with Crippen LogP contribution in [0.15, 0.2) is 66.7 Å². The third-order valence-corrected chi connectivity index (χ3v) is 5.67. The van der Waals surface area contributed by atoms with Gasteiger partial charge in [0.2, 0.25) is 6.41 Å². The first-order chi connectivity index (χ1) is 16.7. The molecule has 0 radical (unpaired) electrons. The molecule has 0 aliphatic carbocycles. The number of carbonyl (C=O) groups excluding carboxylic acids is 2. The van der Waals surface area contributed by atoms with Gasteiger partial charge in [0.1, 0.15) is 0 Å². The molecule has 0 bridgehead atoms. The first kappa shape index (κ1) is 26.4. The van der Waals surface area contributed by atoms with Gasteiger partial charge in [-0.05, 0) is 81.2 Å². The van der Waals surface area contributed by atoms with Gasteiger partial charge in [0, 0.05) is 18.7 Å². The second-order valence-electron chi connectivity index (χ2n) is 9.93.